The molecule has 1 N–H and O–H groups in total. The van der Waals surface area contributed by atoms with E-state index >= 15 is 0 Å². The second-order valence-electron chi connectivity index (χ2n) is 6.46. The molecular formula is C22H23NO5S. The van der Waals surface area contributed by atoms with E-state index in [1.807, 2.05) is 37.3 Å². The van der Waals surface area contributed by atoms with E-state index < -0.39 is 5.97 Å². The number of carboxylic acids is 1. The van der Waals surface area contributed by atoms with Crippen molar-refractivity contribution in [3.8, 4) is 28.4 Å². The van der Waals surface area contributed by atoms with Gasteiger partial charge in [0.1, 0.15) is 10.8 Å². The average Bonchev–Trinajstić information content (AvgIpc) is 3.16. The summed E-state index contributed by atoms with van der Waals surface area (Å²) in [5.41, 5.74) is 2.46. The predicted octanol–water partition coefficient (Wildman–Crippen LogP) is 4.75. The minimum absolute atomic E-state index is 0.0389. The van der Waals surface area contributed by atoms with Crippen LogP contribution in [-0.2, 0) is 4.79 Å². The van der Waals surface area contributed by atoms with E-state index in [0.717, 1.165) is 26.6 Å². The third kappa shape index (κ3) is 4.35. The number of carboxylic acid groups (broad SMARTS) is 1. The Balaban J connectivity index is 2.15. The van der Waals surface area contributed by atoms with Gasteiger partial charge in [-0.15, -0.1) is 11.3 Å². The lowest BCUT2D eigenvalue weighted by atomic mass is 9.92. The van der Waals surface area contributed by atoms with Crippen molar-refractivity contribution < 1.29 is 24.1 Å². The van der Waals surface area contributed by atoms with Crippen LogP contribution in [0.2, 0.25) is 0 Å². The molecule has 2 aromatic carbocycles. The number of aromatic nitrogens is 1. The molecule has 0 aliphatic carbocycles. The normalized spacial score (nSPS) is 11.7. The quantitative estimate of drug-likeness (QED) is 0.574. The van der Waals surface area contributed by atoms with Crippen LogP contribution < -0.4 is 14.2 Å². The molecule has 0 saturated carbocycles. The van der Waals surface area contributed by atoms with Crippen LogP contribution in [0.4, 0.5) is 0 Å². The van der Waals surface area contributed by atoms with E-state index in [1.54, 1.807) is 33.6 Å². The zero-order valence-corrected chi connectivity index (χ0v) is 17.6. The van der Waals surface area contributed by atoms with Gasteiger partial charge in [-0.1, -0.05) is 24.3 Å². The van der Waals surface area contributed by atoms with Gasteiger partial charge in [0, 0.05) is 17.0 Å². The van der Waals surface area contributed by atoms with E-state index in [-0.39, 0.29) is 12.3 Å². The van der Waals surface area contributed by atoms with Crippen LogP contribution in [0.25, 0.3) is 11.1 Å². The Kier molecular flexibility index (Phi) is 6.39. The molecule has 7 heteroatoms. The van der Waals surface area contributed by atoms with Gasteiger partial charge in [-0.2, -0.15) is 0 Å². The Morgan fingerprint density at radius 1 is 1.10 bits per heavy atom. The molecule has 0 bridgehead atoms. The summed E-state index contributed by atoms with van der Waals surface area (Å²) in [5.74, 6) is 0.577. The van der Waals surface area contributed by atoms with Gasteiger partial charge < -0.3 is 19.3 Å². The number of aryl methyl sites for hydroxylation is 1. The first kappa shape index (κ1) is 20.7. The van der Waals surface area contributed by atoms with Crippen LogP contribution in [0.1, 0.15) is 27.8 Å². The van der Waals surface area contributed by atoms with E-state index in [1.165, 1.54) is 11.3 Å². The first-order valence-corrected chi connectivity index (χ1v) is 9.83. The highest BCUT2D eigenvalue weighted by Gasteiger charge is 2.23. The second kappa shape index (κ2) is 8.96. The van der Waals surface area contributed by atoms with Gasteiger partial charge in [0.25, 0.3) is 0 Å². The zero-order chi connectivity index (χ0) is 21.0. The highest BCUT2D eigenvalue weighted by molar-refractivity contribution is 7.11. The van der Waals surface area contributed by atoms with Crippen molar-refractivity contribution in [3.05, 3.63) is 58.0 Å². The molecule has 0 spiro atoms. The maximum atomic E-state index is 11.5. The van der Waals surface area contributed by atoms with Crippen LogP contribution in [0, 0.1) is 6.92 Å². The van der Waals surface area contributed by atoms with E-state index in [4.69, 9.17) is 14.2 Å². The monoisotopic (exact) mass is 413 g/mol. The average molecular weight is 413 g/mol. The van der Waals surface area contributed by atoms with Crippen LogP contribution >= 0.6 is 11.3 Å². The SMILES string of the molecule is COc1ccc(OC)c(-c2cccc(C(CC(=O)O)c3ncc(C)s3)c2)c1OC. The fourth-order valence-corrected chi connectivity index (χ4v) is 4.22. The van der Waals surface area contributed by atoms with Crippen LogP contribution in [-0.4, -0.2) is 37.4 Å². The standard InChI is InChI=1S/C22H23NO5S/c1-13-12-23-22(29-13)16(11-19(24)25)14-6-5-7-15(10-14)20-17(26-2)8-9-18(27-3)21(20)28-4/h5-10,12,16H,11H2,1-4H3,(H,24,25). The lowest BCUT2D eigenvalue weighted by Crippen LogP contribution is -2.08. The number of benzene rings is 2. The fraction of sp³-hybridized carbons (Fsp3) is 0.273. The number of thiazole rings is 1. The summed E-state index contributed by atoms with van der Waals surface area (Å²) in [6.07, 6.45) is 1.73. The molecule has 1 aromatic heterocycles. The Hall–Kier alpha value is -3.06. The zero-order valence-electron chi connectivity index (χ0n) is 16.8. The molecule has 0 aliphatic rings. The first-order chi connectivity index (χ1) is 14.0. The van der Waals surface area contributed by atoms with E-state index in [2.05, 4.69) is 4.98 Å². The first-order valence-electron chi connectivity index (χ1n) is 9.01. The number of nitrogens with zero attached hydrogens (tertiary/aromatic N) is 1. The fourth-order valence-electron chi connectivity index (χ4n) is 3.32. The topological polar surface area (TPSA) is 77.9 Å². The summed E-state index contributed by atoms with van der Waals surface area (Å²) in [7, 11) is 4.76. The molecule has 3 rings (SSSR count). The number of ether oxygens (including phenoxy) is 3. The number of rotatable bonds is 8. The Morgan fingerprint density at radius 2 is 1.83 bits per heavy atom. The number of hydrogen-bond donors (Lipinski definition) is 1. The van der Waals surface area contributed by atoms with Crippen molar-refractivity contribution in [2.24, 2.45) is 0 Å². The molecule has 152 valence electrons. The molecule has 0 radical (unpaired) electrons. The molecule has 0 amide bonds. The Labute approximate surface area is 173 Å². The number of hydrogen-bond acceptors (Lipinski definition) is 6. The molecule has 0 fully saturated rings. The van der Waals surface area contributed by atoms with Gasteiger partial charge in [-0.25, -0.2) is 4.98 Å². The summed E-state index contributed by atoms with van der Waals surface area (Å²) in [6.45, 7) is 1.96. The Morgan fingerprint density at radius 3 is 2.41 bits per heavy atom. The molecule has 29 heavy (non-hydrogen) atoms. The molecular weight excluding hydrogens is 390 g/mol. The number of aliphatic carboxylic acids is 1. The van der Waals surface area contributed by atoms with Crippen molar-refractivity contribution in [1.82, 2.24) is 4.98 Å². The van der Waals surface area contributed by atoms with Crippen molar-refractivity contribution >= 4 is 17.3 Å². The van der Waals surface area contributed by atoms with Crippen molar-refractivity contribution in [2.45, 2.75) is 19.3 Å². The second-order valence-corrected chi connectivity index (χ2v) is 7.73. The molecule has 1 atom stereocenters. The van der Waals surface area contributed by atoms with Gasteiger partial charge in [0.05, 0.1) is 33.3 Å². The summed E-state index contributed by atoms with van der Waals surface area (Å²) in [4.78, 5) is 17.0. The summed E-state index contributed by atoms with van der Waals surface area (Å²) < 4.78 is 16.6. The van der Waals surface area contributed by atoms with Crippen molar-refractivity contribution in [3.63, 3.8) is 0 Å². The van der Waals surface area contributed by atoms with Gasteiger partial charge in [-0.3, -0.25) is 4.79 Å². The molecule has 3 aromatic rings. The van der Waals surface area contributed by atoms with Gasteiger partial charge in [-0.05, 0) is 30.2 Å². The predicted molar refractivity (Wildman–Crippen MR) is 112 cm³/mol. The summed E-state index contributed by atoms with van der Waals surface area (Å²) in [5, 5.41) is 10.2. The van der Waals surface area contributed by atoms with E-state index in [0.29, 0.717) is 17.2 Å². The third-order valence-corrected chi connectivity index (χ3v) is 5.65. The lowest BCUT2D eigenvalue weighted by molar-refractivity contribution is -0.137. The Bertz CT molecular complexity index is 1010. The van der Waals surface area contributed by atoms with Crippen LogP contribution in [0.3, 0.4) is 0 Å². The molecule has 1 unspecified atom stereocenters. The van der Waals surface area contributed by atoms with Crippen LogP contribution in [0.5, 0.6) is 17.2 Å². The smallest absolute Gasteiger partial charge is 0.304 e. The van der Waals surface area contributed by atoms with Gasteiger partial charge in [0.2, 0.25) is 0 Å². The molecule has 0 saturated heterocycles. The number of carbonyl (C=O) groups is 1. The maximum absolute atomic E-state index is 11.5. The summed E-state index contributed by atoms with van der Waals surface area (Å²) in [6, 6.07) is 11.3. The van der Waals surface area contributed by atoms with Gasteiger partial charge >= 0.3 is 5.97 Å². The van der Waals surface area contributed by atoms with Crippen LogP contribution in [0.15, 0.2) is 42.6 Å². The molecule has 0 aliphatic heterocycles. The van der Waals surface area contributed by atoms with Gasteiger partial charge in [0.15, 0.2) is 11.5 Å². The van der Waals surface area contributed by atoms with E-state index in [9.17, 15) is 9.90 Å². The maximum Gasteiger partial charge on any atom is 0.304 e. The molecule has 1 heterocycles. The third-order valence-electron chi connectivity index (χ3n) is 4.62. The number of methoxy groups -OCH3 is 3. The largest absolute Gasteiger partial charge is 0.496 e. The highest BCUT2D eigenvalue weighted by atomic mass is 32.1. The highest BCUT2D eigenvalue weighted by Crippen LogP contribution is 2.45. The van der Waals surface area contributed by atoms with Crippen molar-refractivity contribution in [1.29, 1.82) is 0 Å². The lowest BCUT2D eigenvalue weighted by Gasteiger charge is -2.18. The summed E-state index contributed by atoms with van der Waals surface area (Å²) >= 11 is 1.51. The minimum Gasteiger partial charge on any atom is -0.496 e. The van der Waals surface area contributed by atoms with Crippen molar-refractivity contribution in [2.75, 3.05) is 21.3 Å². The minimum atomic E-state index is -0.871. The molecule has 6 nitrogen and oxygen atoms in total.